The highest BCUT2D eigenvalue weighted by Crippen LogP contribution is 2.30. The molecule has 1 aliphatic rings. The van der Waals surface area contributed by atoms with E-state index in [0.717, 1.165) is 36.4 Å². The summed E-state index contributed by atoms with van der Waals surface area (Å²) in [6, 6.07) is 5.45. The molecule has 0 spiro atoms. The molecule has 0 bridgehead atoms. The fourth-order valence-corrected chi connectivity index (χ4v) is 2.71. The van der Waals surface area contributed by atoms with Gasteiger partial charge in [-0.05, 0) is 56.0 Å². The maximum Gasteiger partial charge on any atom is 0.241 e. The summed E-state index contributed by atoms with van der Waals surface area (Å²) in [4.78, 5) is 14.6. The van der Waals surface area contributed by atoms with E-state index in [1.807, 2.05) is 32.0 Å². The summed E-state index contributed by atoms with van der Waals surface area (Å²) in [5.74, 6) is 0.0515. The van der Waals surface area contributed by atoms with Gasteiger partial charge in [0.25, 0.3) is 0 Å². The second kappa shape index (κ2) is 5.44. The van der Waals surface area contributed by atoms with Gasteiger partial charge in [0.05, 0.1) is 6.04 Å². The molecule has 4 nitrogen and oxygen atoms in total. The Bertz CT molecular complexity index is 510. The Morgan fingerprint density at radius 3 is 2.70 bits per heavy atom. The van der Waals surface area contributed by atoms with Crippen molar-refractivity contribution in [2.45, 2.75) is 40.2 Å². The minimum Gasteiger partial charge on any atom is -0.399 e. The fourth-order valence-electron chi connectivity index (χ4n) is 2.71. The topological polar surface area (TPSA) is 58.4 Å². The first kappa shape index (κ1) is 14.9. The third-order valence-electron chi connectivity index (χ3n) is 4.14. The summed E-state index contributed by atoms with van der Waals surface area (Å²) in [5, 5.41) is 3.01. The lowest BCUT2D eigenvalue weighted by Gasteiger charge is -2.25. The monoisotopic (exact) mass is 275 g/mol. The molecule has 0 aromatic heterocycles. The van der Waals surface area contributed by atoms with Crippen molar-refractivity contribution in [3.8, 4) is 0 Å². The molecule has 1 aromatic carbocycles. The Balaban J connectivity index is 2.01. The van der Waals surface area contributed by atoms with Crippen LogP contribution in [0.1, 0.15) is 32.8 Å². The second-order valence-corrected chi connectivity index (χ2v) is 6.62. The van der Waals surface area contributed by atoms with Gasteiger partial charge in [-0.1, -0.05) is 13.8 Å². The quantitative estimate of drug-likeness (QED) is 0.834. The van der Waals surface area contributed by atoms with Gasteiger partial charge in [0.2, 0.25) is 5.91 Å². The van der Waals surface area contributed by atoms with Gasteiger partial charge in [-0.25, -0.2) is 0 Å². The predicted molar refractivity (Wildman–Crippen MR) is 83.7 cm³/mol. The van der Waals surface area contributed by atoms with E-state index < -0.39 is 0 Å². The third kappa shape index (κ3) is 3.31. The van der Waals surface area contributed by atoms with E-state index in [4.69, 9.17) is 5.73 Å². The van der Waals surface area contributed by atoms with Crippen LogP contribution in [0.2, 0.25) is 0 Å². The SMILES string of the molecule is Cc1cc(N)ccc1NC(=O)C(C)N1CCC(C)(C)C1. The van der Waals surface area contributed by atoms with Gasteiger partial charge in [0, 0.05) is 17.9 Å². The summed E-state index contributed by atoms with van der Waals surface area (Å²) in [6.07, 6.45) is 1.14. The molecule has 1 aromatic rings. The molecule has 1 atom stereocenters. The van der Waals surface area contributed by atoms with Crippen molar-refractivity contribution < 1.29 is 4.79 Å². The van der Waals surface area contributed by atoms with E-state index >= 15 is 0 Å². The van der Waals surface area contributed by atoms with Gasteiger partial charge < -0.3 is 11.1 Å². The molecule has 110 valence electrons. The van der Waals surface area contributed by atoms with Crippen molar-refractivity contribution in [2.24, 2.45) is 5.41 Å². The summed E-state index contributed by atoms with van der Waals surface area (Å²) in [5.41, 5.74) is 8.59. The van der Waals surface area contributed by atoms with Gasteiger partial charge in [-0.15, -0.1) is 0 Å². The van der Waals surface area contributed by atoms with Crippen LogP contribution in [-0.2, 0) is 4.79 Å². The van der Waals surface area contributed by atoms with Crippen LogP contribution in [0.25, 0.3) is 0 Å². The first-order valence-corrected chi connectivity index (χ1v) is 7.19. The number of nitrogens with zero attached hydrogens (tertiary/aromatic N) is 1. The van der Waals surface area contributed by atoms with E-state index in [1.165, 1.54) is 0 Å². The molecule has 1 saturated heterocycles. The van der Waals surface area contributed by atoms with Crippen molar-refractivity contribution in [2.75, 3.05) is 24.1 Å². The smallest absolute Gasteiger partial charge is 0.241 e. The number of amides is 1. The van der Waals surface area contributed by atoms with Crippen LogP contribution in [0.3, 0.4) is 0 Å². The van der Waals surface area contributed by atoms with E-state index in [1.54, 1.807) is 0 Å². The Morgan fingerprint density at radius 1 is 1.45 bits per heavy atom. The zero-order chi connectivity index (χ0) is 14.9. The van der Waals surface area contributed by atoms with Crippen molar-refractivity contribution in [1.29, 1.82) is 0 Å². The molecular weight excluding hydrogens is 250 g/mol. The lowest BCUT2D eigenvalue weighted by molar-refractivity contribution is -0.120. The molecule has 4 heteroatoms. The highest BCUT2D eigenvalue weighted by molar-refractivity contribution is 5.95. The van der Waals surface area contributed by atoms with Gasteiger partial charge in [-0.2, -0.15) is 0 Å². The normalized spacial score (nSPS) is 19.8. The zero-order valence-electron chi connectivity index (χ0n) is 12.9. The molecule has 1 unspecified atom stereocenters. The summed E-state index contributed by atoms with van der Waals surface area (Å²) < 4.78 is 0. The highest BCUT2D eigenvalue weighted by atomic mass is 16.2. The third-order valence-corrected chi connectivity index (χ3v) is 4.14. The summed E-state index contributed by atoms with van der Waals surface area (Å²) in [7, 11) is 0. The van der Waals surface area contributed by atoms with E-state index in [2.05, 4.69) is 24.1 Å². The number of hydrogen-bond donors (Lipinski definition) is 2. The number of likely N-dealkylation sites (tertiary alicyclic amines) is 1. The average molecular weight is 275 g/mol. The Kier molecular flexibility index (Phi) is 4.04. The van der Waals surface area contributed by atoms with Crippen molar-refractivity contribution in [1.82, 2.24) is 4.90 Å². The first-order valence-electron chi connectivity index (χ1n) is 7.19. The molecule has 1 heterocycles. The maximum absolute atomic E-state index is 12.4. The molecule has 1 amide bonds. The minimum atomic E-state index is -0.103. The standard InChI is InChI=1S/C16H25N3O/c1-11-9-13(17)5-6-14(11)18-15(20)12(2)19-8-7-16(3,4)10-19/h5-6,9,12H,7-8,10,17H2,1-4H3,(H,18,20). The van der Waals surface area contributed by atoms with Crippen molar-refractivity contribution in [3.05, 3.63) is 23.8 Å². The number of benzene rings is 1. The molecule has 1 aliphatic heterocycles. The maximum atomic E-state index is 12.4. The number of aryl methyl sites for hydroxylation is 1. The molecule has 0 radical (unpaired) electrons. The second-order valence-electron chi connectivity index (χ2n) is 6.62. The number of hydrogen-bond acceptors (Lipinski definition) is 3. The number of nitrogens with two attached hydrogens (primary N) is 1. The fraction of sp³-hybridized carbons (Fsp3) is 0.562. The minimum absolute atomic E-state index is 0.0515. The Morgan fingerprint density at radius 2 is 2.15 bits per heavy atom. The van der Waals surface area contributed by atoms with Gasteiger partial charge in [-0.3, -0.25) is 9.69 Å². The number of rotatable bonds is 3. The number of nitrogen functional groups attached to an aromatic ring is 1. The summed E-state index contributed by atoms with van der Waals surface area (Å²) in [6.45, 7) is 10.4. The van der Waals surface area contributed by atoms with Crippen LogP contribution in [0, 0.1) is 12.3 Å². The molecular formula is C16H25N3O. The van der Waals surface area contributed by atoms with Gasteiger partial charge >= 0.3 is 0 Å². The number of anilines is 2. The van der Waals surface area contributed by atoms with Crippen LogP contribution in [0.15, 0.2) is 18.2 Å². The molecule has 0 saturated carbocycles. The molecule has 1 fully saturated rings. The van der Waals surface area contributed by atoms with Gasteiger partial charge in [0.15, 0.2) is 0 Å². The molecule has 3 N–H and O–H groups in total. The van der Waals surface area contributed by atoms with E-state index in [9.17, 15) is 4.79 Å². The largest absolute Gasteiger partial charge is 0.399 e. The highest BCUT2D eigenvalue weighted by Gasteiger charge is 2.34. The van der Waals surface area contributed by atoms with Crippen LogP contribution in [-0.4, -0.2) is 29.9 Å². The molecule has 2 rings (SSSR count). The van der Waals surface area contributed by atoms with Crippen molar-refractivity contribution in [3.63, 3.8) is 0 Å². The number of carbonyl (C=O) groups excluding carboxylic acids is 1. The van der Waals surface area contributed by atoms with Crippen LogP contribution in [0.4, 0.5) is 11.4 Å². The van der Waals surface area contributed by atoms with Crippen LogP contribution < -0.4 is 11.1 Å². The lowest BCUT2D eigenvalue weighted by Crippen LogP contribution is -2.41. The zero-order valence-corrected chi connectivity index (χ0v) is 12.9. The number of carbonyl (C=O) groups is 1. The average Bonchev–Trinajstić information content (AvgIpc) is 2.72. The van der Waals surface area contributed by atoms with Gasteiger partial charge in [0.1, 0.15) is 0 Å². The number of nitrogens with one attached hydrogen (secondary N) is 1. The lowest BCUT2D eigenvalue weighted by atomic mass is 9.93. The Hall–Kier alpha value is -1.55. The van der Waals surface area contributed by atoms with Crippen molar-refractivity contribution >= 4 is 17.3 Å². The van der Waals surface area contributed by atoms with E-state index in [0.29, 0.717) is 5.41 Å². The van der Waals surface area contributed by atoms with E-state index in [-0.39, 0.29) is 11.9 Å². The molecule has 20 heavy (non-hydrogen) atoms. The predicted octanol–water partition coefficient (Wildman–Crippen LogP) is 2.64. The molecule has 0 aliphatic carbocycles. The first-order chi connectivity index (χ1) is 9.28. The Labute approximate surface area is 121 Å². The summed E-state index contributed by atoms with van der Waals surface area (Å²) >= 11 is 0. The van der Waals surface area contributed by atoms with Crippen LogP contribution >= 0.6 is 0 Å². The van der Waals surface area contributed by atoms with Crippen LogP contribution in [0.5, 0.6) is 0 Å².